The van der Waals surface area contributed by atoms with E-state index in [1.807, 2.05) is 0 Å². The Kier molecular flexibility index (Phi) is 9.91. The van der Waals surface area contributed by atoms with Crippen LogP contribution in [0.2, 0.25) is 12.6 Å². The predicted octanol–water partition coefficient (Wildman–Crippen LogP) is 8.34. The second-order valence-corrected chi connectivity index (χ2v) is 15.4. The summed E-state index contributed by atoms with van der Waals surface area (Å²) in [4.78, 5) is 0. The largest absolute Gasteiger partial charge is 0.460 e. The third kappa shape index (κ3) is 6.18. The molecule has 0 aliphatic rings. The first-order valence-corrected chi connectivity index (χ1v) is 13.4. The molecular weight excluding hydrogens is 606 g/mol. The van der Waals surface area contributed by atoms with Crippen LogP contribution in [0.15, 0.2) is 0 Å². The average Bonchev–Trinajstić information content (AvgIpc) is 2.61. The summed E-state index contributed by atoms with van der Waals surface area (Å²) in [6.07, 6.45) is -10.5. The third-order valence-electron chi connectivity index (χ3n) is 4.25. The third-order valence-corrected chi connectivity index (χ3v) is 6.62. The van der Waals surface area contributed by atoms with Gasteiger partial charge in [0.05, 0.1) is 6.61 Å². The maximum atomic E-state index is 13.6. The summed E-state index contributed by atoms with van der Waals surface area (Å²) in [5, 5.41) is 0. The summed E-state index contributed by atoms with van der Waals surface area (Å²) in [6.45, 7) is -3.55. The quantitative estimate of drug-likeness (QED) is 0.0873. The van der Waals surface area contributed by atoms with Crippen LogP contribution in [0, 0.1) is 0 Å². The number of ether oxygens (including phenoxy) is 1. The summed E-state index contributed by atoms with van der Waals surface area (Å²) in [5.74, 6) is -56.3. The van der Waals surface area contributed by atoms with E-state index in [2.05, 4.69) is 4.74 Å². The topological polar surface area (TPSA) is 9.23 Å². The van der Waals surface area contributed by atoms with Gasteiger partial charge in [0.2, 0.25) is 6.69 Å². The van der Waals surface area contributed by atoms with Crippen molar-refractivity contribution in [3.05, 3.63) is 0 Å². The summed E-state index contributed by atoms with van der Waals surface area (Å²) < 4.78 is 227. The van der Waals surface area contributed by atoms with Crippen LogP contribution < -0.4 is 0 Å². The number of hydrogen-bond acceptors (Lipinski definition) is 1. The molecule has 0 spiro atoms. The summed E-state index contributed by atoms with van der Waals surface area (Å²) in [7, 11) is 0. The van der Waals surface area contributed by atoms with Crippen LogP contribution in [0.1, 0.15) is 12.8 Å². The minimum atomic E-state index is -8.63. The molecular formula is C14H13Cl2F17OSi. The molecule has 1 nitrogen and oxygen atoms in total. The second kappa shape index (κ2) is 10.0. The first kappa shape index (κ1) is 34.6. The fraction of sp³-hybridized carbons (Fsp3) is 1.00. The van der Waals surface area contributed by atoms with E-state index in [1.165, 1.54) is 6.55 Å². The molecule has 0 atom stereocenters. The van der Waals surface area contributed by atoms with Crippen LogP contribution in [0.3, 0.4) is 0 Å². The maximum absolute atomic E-state index is 13.6. The molecule has 0 amide bonds. The van der Waals surface area contributed by atoms with Crippen LogP contribution >= 0.6 is 22.2 Å². The monoisotopic (exact) mass is 618 g/mol. The van der Waals surface area contributed by atoms with E-state index in [9.17, 15) is 74.6 Å². The fourth-order valence-corrected chi connectivity index (χ4v) is 3.71. The Bertz CT molecular complexity index is 717. The van der Waals surface area contributed by atoms with Gasteiger partial charge in [0, 0.05) is 13.0 Å². The highest BCUT2D eigenvalue weighted by Gasteiger charge is 2.95. The first-order chi connectivity index (χ1) is 15.0. The normalized spacial score (nSPS) is 16.1. The van der Waals surface area contributed by atoms with Gasteiger partial charge in [-0.05, 0) is 19.0 Å². The highest BCUT2D eigenvalue weighted by molar-refractivity contribution is 7.44. The Balaban J connectivity index is 5.96. The van der Waals surface area contributed by atoms with Gasteiger partial charge in [0.1, 0.15) is 0 Å². The van der Waals surface area contributed by atoms with Gasteiger partial charge >= 0.3 is 47.6 Å². The molecule has 0 aromatic carbocycles. The smallest absolute Gasteiger partial charge is 0.381 e. The van der Waals surface area contributed by atoms with E-state index < -0.39 is 74.0 Å². The van der Waals surface area contributed by atoms with Gasteiger partial charge < -0.3 is 4.74 Å². The van der Waals surface area contributed by atoms with Crippen LogP contribution in [0.4, 0.5) is 74.6 Å². The van der Waals surface area contributed by atoms with Crippen molar-refractivity contribution < 1.29 is 79.4 Å². The van der Waals surface area contributed by atoms with Crippen LogP contribution in [0.25, 0.3) is 0 Å². The molecule has 0 rings (SSSR count). The molecule has 35 heavy (non-hydrogen) atoms. The van der Waals surface area contributed by atoms with Crippen LogP contribution in [-0.4, -0.2) is 67.5 Å². The molecule has 0 unspecified atom stereocenters. The van der Waals surface area contributed by atoms with Crippen molar-refractivity contribution in [1.29, 1.82) is 0 Å². The maximum Gasteiger partial charge on any atom is 0.460 e. The highest BCUT2D eigenvalue weighted by atomic mass is 35.7. The van der Waals surface area contributed by atoms with Gasteiger partial charge in [-0.1, -0.05) is 0 Å². The van der Waals surface area contributed by atoms with E-state index in [4.69, 9.17) is 22.2 Å². The van der Waals surface area contributed by atoms with Gasteiger partial charge in [-0.15, -0.1) is 22.2 Å². The van der Waals surface area contributed by atoms with Gasteiger partial charge in [-0.3, -0.25) is 0 Å². The standard InChI is InChI=1S/C14H13Cl2F17OSi/c1-35(15,16)6-2-4-34-5-3-7(17,18)8(19,20)9(21,22)10(23,24)11(25,26)12(27,28)13(29,30)14(31,32)33/h2-6H2,1H3. The van der Waals surface area contributed by atoms with E-state index in [0.717, 1.165) is 0 Å². The minimum absolute atomic E-state index is 0.0405. The lowest BCUT2D eigenvalue weighted by Crippen LogP contribution is -2.74. The molecule has 0 heterocycles. The molecule has 21 heteroatoms. The Labute approximate surface area is 195 Å². The molecule has 0 saturated heterocycles. The minimum Gasteiger partial charge on any atom is -0.381 e. The lowest BCUT2D eigenvalue weighted by Gasteiger charge is -2.42. The zero-order chi connectivity index (χ0) is 28.7. The van der Waals surface area contributed by atoms with Gasteiger partial charge in [-0.25, -0.2) is 0 Å². The first-order valence-electron chi connectivity index (χ1n) is 8.63. The second-order valence-electron chi connectivity index (χ2n) is 7.18. The molecule has 0 aromatic heterocycles. The predicted molar refractivity (Wildman–Crippen MR) is 88.9 cm³/mol. The van der Waals surface area contributed by atoms with Gasteiger partial charge in [-0.2, -0.15) is 74.6 Å². The molecule has 0 saturated carbocycles. The van der Waals surface area contributed by atoms with E-state index in [-0.39, 0.29) is 12.5 Å². The van der Waals surface area contributed by atoms with Crippen molar-refractivity contribution >= 4 is 28.9 Å². The number of rotatable bonds is 13. The molecule has 0 aromatic rings. The Hall–Kier alpha value is -0.433. The van der Waals surface area contributed by atoms with Crippen molar-refractivity contribution in [2.45, 2.75) is 73.1 Å². The van der Waals surface area contributed by atoms with Crippen LogP contribution in [0.5, 0.6) is 0 Å². The van der Waals surface area contributed by atoms with Crippen molar-refractivity contribution in [3.8, 4) is 0 Å². The van der Waals surface area contributed by atoms with Gasteiger partial charge in [0.25, 0.3) is 0 Å². The summed E-state index contributed by atoms with van der Waals surface area (Å²) in [5.41, 5.74) is 0. The lowest BCUT2D eigenvalue weighted by molar-refractivity contribution is -0.462. The molecule has 0 aliphatic carbocycles. The number of halogens is 19. The molecule has 0 fully saturated rings. The highest BCUT2D eigenvalue weighted by Crippen LogP contribution is 2.64. The molecule has 212 valence electrons. The zero-order valence-electron chi connectivity index (χ0n) is 16.6. The average molecular weight is 619 g/mol. The van der Waals surface area contributed by atoms with E-state index >= 15 is 0 Å². The molecule has 0 radical (unpaired) electrons. The Morgan fingerprint density at radius 1 is 0.543 bits per heavy atom. The lowest BCUT2D eigenvalue weighted by atomic mass is 9.88. The zero-order valence-corrected chi connectivity index (χ0v) is 19.1. The molecule has 0 N–H and O–H groups in total. The SMILES string of the molecule is C[Si](Cl)(Cl)CCCOCCC(F)(F)C(F)(F)C(F)(F)C(F)(F)C(F)(F)C(F)(F)C(F)(F)C(F)(F)F. The van der Waals surface area contributed by atoms with Gasteiger partial charge in [0.15, 0.2) is 0 Å². The Morgan fingerprint density at radius 3 is 1.23 bits per heavy atom. The van der Waals surface area contributed by atoms with Crippen molar-refractivity contribution in [1.82, 2.24) is 0 Å². The molecule has 0 bridgehead atoms. The fourth-order valence-electron chi connectivity index (χ4n) is 2.14. The van der Waals surface area contributed by atoms with E-state index in [1.54, 1.807) is 0 Å². The number of alkyl halides is 17. The van der Waals surface area contributed by atoms with Crippen molar-refractivity contribution in [2.24, 2.45) is 0 Å². The summed E-state index contributed by atoms with van der Waals surface area (Å²) in [6, 6.07) is 0.0405. The Morgan fingerprint density at radius 2 is 0.886 bits per heavy atom. The molecule has 0 aliphatic heterocycles. The number of hydrogen-bond donors (Lipinski definition) is 0. The summed E-state index contributed by atoms with van der Waals surface area (Å²) >= 11 is 11.3. The van der Waals surface area contributed by atoms with Crippen LogP contribution in [-0.2, 0) is 4.74 Å². The van der Waals surface area contributed by atoms with Crippen molar-refractivity contribution in [3.63, 3.8) is 0 Å². The van der Waals surface area contributed by atoms with E-state index in [0.29, 0.717) is 0 Å². The van der Waals surface area contributed by atoms with Crippen molar-refractivity contribution in [2.75, 3.05) is 13.2 Å².